The number of rotatable bonds is 2. The maximum absolute atomic E-state index is 13.0. The molecule has 1 fully saturated rings. The van der Waals surface area contributed by atoms with Crippen molar-refractivity contribution >= 4 is 34.2 Å². The van der Waals surface area contributed by atoms with Crippen molar-refractivity contribution in [2.75, 3.05) is 12.3 Å². The summed E-state index contributed by atoms with van der Waals surface area (Å²) in [6, 6.07) is 13.3. The predicted molar refractivity (Wildman–Crippen MR) is 95.0 cm³/mol. The molecule has 3 N–H and O–H groups in total. The molecule has 2 aromatic carbocycles. The lowest BCUT2D eigenvalue weighted by Crippen LogP contribution is -2.30. The minimum atomic E-state index is 0.0231. The van der Waals surface area contributed by atoms with Gasteiger partial charge in [0.25, 0.3) is 5.91 Å². The van der Waals surface area contributed by atoms with Gasteiger partial charge in [0.15, 0.2) is 5.82 Å². The Morgan fingerprint density at radius 1 is 1.25 bits per heavy atom. The van der Waals surface area contributed by atoms with Gasteiger partial charge in [-0.15, -0.1) is 0 Å². The van der Waals surface area contributed by atoms with Crippen molar-refractivity contribution in [3.8, 4) is 0 Å². The largest absolute Gasteiger partial charge is 0.382 e. The molecule has 4 rings (SSSR count). The molecule has 6 heteroatoms. The molecule has 3 aromatic rings. The SMILES string of the molecule is Nc1n[nH]c2ccc(C(=O)N3CCCC3c3ccc(Cl)cc3)cc12. The number of aromatic amines is 1. The number of fused-ring (bicyclic) bond motifs is 1. The molecular weight excluding hydrogens is 324 g/mol. The van der Waals surface area contributed by atoms with Crippen LogP contribution in [-0.4, -0.2) is 27.5 Å². The molecule has 1 amide bonds. The van der Waals surface area contributed by atoms with Crippen LogP contribution in [0.3, 0.4) is 0 Å². The van der Waals surface area contributed by atoms with E-state index in [0.29, 0.717) is 16.4 Å². The maximum atomic E-state index is 13.0. The average molecular weight is 341 g/mol. The summed E-state index contributed by atoms with van der Waals surface area (Å²) >= 11 is 5.97. The predicted octanol–water partition coefficient (Wildman–Crippen LogP) is 3.78. The molecule has 1 aliphatic rings. The van der Waals surface area contributed by atoms with E-state index in [-0.39, 0.29) is 11.9 Å². The van der Waals surface area contributed by atoms with E-state index in [1.54, 1.807) is 0 Å². The van der Waals surface area contributed by atoms with Crippen molar-refractivity contribution in [1.29, 1.82) is 0 Å². The summed E-state index contributed by atoms with van der Waals surface area (Å²) in [4.78, 5) is 14.9. The first-order chi connectivity index (χ1) is 11.6. The first kappa shape index (κ1) is 15.0. The molecule has 0 saturated carbocycles. The lowest BCUT2D eigenvalue weighted by Gasteiger charge is -2.25. The van der Waals surface area contributed by atoms with Gasteiger partial charge in [-0.3, -0.25) is 9.89 Å². The first-order valence-corrected chi connectivity index (χ1v) is 8.31. The zero-order valence-electron chi connectivity index (χ0n) is 13.0. The van der Waals surface area contributed by atoms with Crippen molar-refractivity contribution < 1.29 is 4.79 Å². The smallest absolute Gasteiger partial charge is 0.254 e. The van der Waals surface area contributed by atoms with Crippen LogP contribution in [0.15, 0.2) is 42.5 Å². The van der Waals surface area contributed by atoms with Gasteiger partial charge < -0.3 is 10.6 Å². The van der Waals surface area contributed by atoms with Gasteiger partial charge >= 0.3 is 0 Å². The number of halogens is 1. The number of nitrogens with one attached hydrogen (secondary N) is 1. The zero-order valence-corrected chi connectivity index (χ0v) is 13.8. The molecule has 0 aliphatic carbocycles. The van der Waals surface area contributed by atoms with E-state index in [1.165, 1.54) is 0 Å². The highest BCUT2D eigenvalue weighted by Crippen LogP contribution is 2.34. The maximum Gasteiger partial charge on any atom is 0.254 e. The third kappa shape index (κ3) is 2.51. The van der Waals surface area contributed by atoms with Crippen LogP contribution >= 0.6 is 11.6 Å². The summed E-state index contributed by atoms with van der Waals surface area (Å²) in [5, 5.41) is 8.32. The summed E-state index contributed by atoms with van der Waals surface area (Å²) in [7, 11) is 0. The lowest BCUT2D eigenvalue weighted by atomic mass is 10.0. The van der Waals surface area contributed by atoms with Crippen molar-refractivity contribution in [2.45, 2.75) is 18.9 Å². The minimum absolute atomic E-state index is 0.0231. The Balaban J connectivity index is 1.66. The monoisotopic (exact) mass is 340 g/mol. The fourth-order valence-electron chi connectivity index (χ4n) is 3.37. The second-order valence-electron chi connectivity index (χ2n) is 6.08. The van der Waals surface area contributed by atoms with Crippen LogP contribution in [0.4, 0.5) is 5.82 Å². The van der Waals surface area contributed by atoms with E-state index < -0.39 is 0 Å². The van der Waals surface area contributed by atoms with Gasteiger partial charge in [0.1, 0.15) is 0 Å². The fraction of sp³-hybridized carbons (Fsp3) is 0.222. The van der Waals surface area contributed by atoms with E-state index in [9.17, 15) is 4.79 Å². The Bertz CT molecular complexity index is 903. The van der Waals surface area contributed by atoms with Crippen molar-refractivity contribution in [2.24, 2.45) is 0 Å². The molecule has 0 radical (unpaired) electrons. The van der Waals surface area contributed by atoms with Gasteiger partial charge in [0, 0.05) is 22.5 Å². The highest BCUT2D eigenvalue weighted by Gasteiger charge is 2.30. The Kier molecular flexibility index (Phi) is 3.65. The van der Waals surface area contributed by atoms with Gasteiger partial charge in [0.2, 0.25) is 0 Å². The molecule has 122 valence electrons. The Morgan fingerprint density at radius 2 is 2.04 bits per heavy atom. The van der Waals surface area contributed by atoms with Crippen LogP contribution in [-0.2, 0) is 0 Å². The number of hydrogen-bond acceptors (Lipinski definition) is 3. The summed E-state index contributed by atoms with van der Waals surface area (Å²) in [6.07, 6.45) is 1.96. The Morgan fingerprint density at radius 3 is 2.83 bits per heavy atom. The van der Waals surface area contributed by atoms with Gasteiger partial charge in [-0.05, 0) is 48.7 Å². The van der Waals surface area contributed by atoms with Crippen LogP contribution < -0.4 is 5.73 Å². The number of hydrogen-bond donors (Lipinski definition) is 2. The second-order valence-corrected chi connectivity index (χ2v) is 6.51. The molecular formula is C18H17ClN4O. The summed E-state index contributed by atoms with van der Waals surface area (Å²) < 4.78 is 0. The van der Waals surface area contributed by atoms with Crippen LogP contribution in [0.5, 0.6) is 0 Å². The molecule has 1 unspecified atom stereocenters. The number of nitrogens with zero attached hydrogens (tertiary/aromatic N) is 2. The number of H-pyrrole nitrogens is 1. The third-order valence-corrected chi connectivity index (χ3v) is 4.86. The summed E-state index contributed by atoms with van der Waals surface area (Å²) in [6.45, 7) is 0.755. The lowest BCUT2D eigenvalue weighted by molar-refractivity contribution is 0.0736. The van der Waals surface area contributed by atoms with Crippen LogP contribution in [0, 0.1) is 0 Å². The number of amides is 1. The Hall–Kier alpha value is -2.53. The van der Waals surface area contributed by atoms with Gasteiger partial charge in [-0.1, -0.05) is 23.7 Å². The van der Waals surface area contributed by atoms with Gasteiger partial charge in [-0.25, -0.2) is 0 Å². The number of carbonyl (C=O) groups excluding carboxylic acids is 1. The molecule has 1 saturated heterocycles. The van der Waals surface area contributed by atoms with E-state index >= 15 is 0 Å². The molecule has 1 aromatic heterocycles. The summed E-state index contributed by atoms with van der Waals surface area (Å²) in [5.74, 6) is 0.435. The van der Waals surface area contributed by atoms with Crippen LogP contribution in [0.2, 0.25) is 5.02 Å². The van der Waals surface area contributed by atoms with Gasteiger partial charge in [0.05, 0.1) is 11.6 Å². The molecule has 5 nitrogen and oxygen atoms in total. The second kappa shape index (κ2) is 5.83. The van der Waals surface area contributed by atoms with Crippen molar-refractivity contribution in [3.63, 3.8) is 0 Å². The average Bonchev–Trinajstić information content (AvgIpc) is 3.22. The highest BCUT2D eigenvalue weighted by molar-refractivity contribution is 6.30. The molecule has 24 heavy (non-hydrogen) atoms. The number of carbonyl (C=O) groups is 1. The fourth-order valence-corrected chi connectivity index (χ4v) is 3.50. The van der Waals surface area contributed by atoms with E-state index in [2.05, 4.69) is 10.2 Å². The number of benzene rings is 2. The van der Waals surface area contributed by atoms with Gasteiger partial charge in [-0.2, -0.15) is 5.10 Å². The normalized spacial score (nSPS) is 17.5. The molecule has 0 bridgehead atoms. The van der Waals surface area contributed by atoms with E-state index in [1.807, 2.05) is 47.4 Å². The van der Waals surface area contributed by atoms with Crippen LogP contribution in [0.25, 0.3) is 10.9 Å². The quantitative estimate of drug-likeness (QED) is 0.745. The summed E-state index contributed by atoms with van der Waals surface area (Å²) in [5.41, 5.74) is 8.44. The molecule has 1 atom stereocenters. The van der Waals surface area contributed by atoms with Crippen molar-refractivity contribution in [3.05, 3.63) is 58.6 Å². The van der Waals surface area contributed by atoms with Crippen LogP contribution in [0.1, 0.15) is 34.8 Å². The molecule has 0 spiro atoms. The topological polar surface area (TPSA) is 75.0 Å². The number of nitrogen functional groups attached to an aromatic ring is 1. The zero-order chi connectivity index (χ0) is 16.7. The Labute approximate surface area is 144 Å². The van der Waals surface area contributed by atoms with E-state index in [4.69, 9.17) is 17.3 Å². The minimum Gasteiger partial charge on any atom is -0.382 e. The number of likely N-dealkylation sites (tertiary alicyclic amines) is 1. The highest BCUT2D eigenvalue weighted by atomic mass is 35.5. The van der Waals surface area contributed by atoms with Crippen molar-refractivity contribution in [1.82, 2.24) is 15.1 Å². The number of nitrogens with two attached hydrogens (primary N) is 1. The molecule has 2 heterocycles. The number of aromatic nitrogens is 2. The standard InChI is InChI=1S/C18H17ClN4O/c19-13-6-3-11(4-7-13)16-2-1-9-23(16)18(24)12-5-8-15-14(10-12)17(20)22-21-15/h3-8,10,16H,1-2,9H2,(H3,20,21,22). The molecule has 1 aliphatic heterocycles. The first-order valence-electron chi connectivity index (χ1n) is 7.93. The van der Waals surface area contributed by atoms with E-state index in [0.717, 1.165) is 35.9 Å². The number of anilines is 1. The third-order valence-electron chi connectivity index (χ3n) is 4.61.